The Balaban J connectivity index is 1.75. The summed E-state index contributed by atoms with van der Waals surface area (Å²) in [6, 6.07) is 8.01. The summed E-state index contributed by atoms with van der Waals surface area (Å²) in [5.74, 6) is -0.109. The van der Waals surface area contributed by atoms with Crippen molar-refractivity contribution in [2.45, 2.75) is 43.8 Å². The molecule has 2 aromatic carbocycles. The molecule has 3 aromatic rings. The van der Waals surface area contributed by atoms with Gasteiger partial charge in [-0.3, -0.25) is 14.3 Å². The number of nitrogens with zero attached hydrogens (tertiary/aromatic N) is 2. The third-order valence-corrected chi connectivity index (χ3v) is 8.95. The van der Waals surface area contributed by atoms with E-state index in [4.69, 9.17) is 17.3 Å². The van der Waals surface area contributed by atoms with Gasteiger partial charge in [-0.05, 0) is 60.8 Å². The lowest BCUT2D eigenvalue weighted by Crippen LogP contribution is -2.42. The number of hydrogen-bond donors (Lipinski definition) is 2. The summed E-state index contributed by atoms with van der Waals surface area (Å²) >= 11 is 9.66. The second kappa shape index (κ2) is 9.94. The van der Waals surface area contributed by atoms with E-state index in [9.17, 15) is 18.0 Å². The molecule has 0 radical (unpaired) electrons. The summed E-state index contributed by atoms with van der Waals surface area (Å²) in [4.78, 5) is 31.3. The van der Waals surface area contributed by atoms with Gasteiger partial charge in [0.25, 0.3) is 5.56 Å². The Kier molecular flexibility index (Phi) is 7.35. The van der Waals surface area contributed by atoms with Crippen LogP contribution in [0.1, 0.15) is 30.9 Å². The third kappa shape index (κ3) is 5.16. The van der Waals surface area contributed by atoms with E-state index in [-0.39, 0.29) is 23.2 Å². The first-order valence-electron chi connectivity index (χ1n) is 11.0. The maximum Gasteiger partial charge on any atom is 0.329 e. The van der Waals surface area contributed by atoms with Crippen LogP contribution in [0.15, 0.2) is 49.3 Å². The van der Waals surface area contributed by atoms with Crippen LogP contribution < -0.4 is 17.0 Å². The van der Waals surface area contributed by atoms with E-state index < -0.39 is 21.1 Å². The van der Waals surface area contributed by atoms with E-state index in [0.717, 1.165) is 40.5 Å². The van der Waals surface area contributed by atoms with Gasteiger partial charge in [-0.25, -0.2) is 13.2 Å². The number of hydrogen-bond acceptors (Lipinski definition) is 6. The molecule has 0 aliphatic carbocycles. The van der Waals surface area contributed by atoms with Crippen LogP contribution in [0, 0.1) is 0 Å². The Morgan fingerprint density at radius 1 is 1.18 bits per heavy atom. The smallest absolute Gasteiger partial charge is 0.327 e. The number of H-pyrrole nitrogens is 1. The number of rotatable bonds is 6. The maximum atomic E-state index is 13.3. The molecule has 1 aliphatic heterocycles. The lowest BCUT2D eigenvalue weighted by molar-refractivity contribution is 0.201. The van der Waals surface area contributed by atoms with Gasteiger partial charge < -0.3 is 10.7 Å². The largest absolute Gasteiger partial charge is 0.329 e. The van der Waals surface area contributed by atoms with Gasteiger partial charge in [0.1, 0.15) is 0 Å². The fraction of sp³-hybridized carbons (Fsp3) is 0.391. The molecule has 1 atom stereocenters. The minimum Gasteiger partial charge on any atom is -0.327 e. The highest BCUT2D eigenvalue weighted by Crippen LogP contribution is 2.25. The first-order valence-corrected chi connectivity index (χ1v) is 13.9. The molecule has 0 amide bonds. The van der Waals surface area contributed by atoms with Crippen LogP contribution in [0.4, 0.5) is 0 Å². The summed E-state index contributed by atoms with van der Waals surface area (Å²) in [5.41, 5.74) is 6.63. The fourth-order valence-electron chi connectivity index (χ4n) is 4.36. The van der Waals surface area contributed by atoms with Gasteiger partial charge in [-0.1, -0.05) is 34.5 Å². The number of piperidine rings is 1. The van der Waals surface area contributed by atoms with Crippen LogP contribution in [0.3, 0.4) is 0 Å². The van der Waals surface area contributed by atoms with Crippen molar-refractivity contribution in [1.29, 1.82) is 0 Å². The number of nitrogens with two attached hydrogens (primary N) is 1. The monoisotopic (exact) mass is 568 g/mol. The highest BCUT2D eigenvalue weighted by atomic mass is 79.9. The number of fused-ring (bicyclic) bond motifs is 1. The fourth-order valence-corrected chi connectivity index (χ4v) is 6.13. The lowest BCUT2D eigenvalue weighted by Gasteiger charge is -2.31. The summed E-state index contributed by atoms with van der Waals surface area (Å²) in [6.07, 6.45) is 2.04. The van der Waals surface area contributed by atoms with E-state index in [0.29, 0.717) is 28.0 Å². The lowest BCUT2D eigenvalue weighted by atomic mass is 10.1. The molecule has 3 N–H and O–H groups in total. The molecular formula is C23H26BrClN4O4S. The highest BCUT2D eigenvalue weighted by Gasteiger charge is 2.21. The van der Waals surface area contributed by atoms with Crippen molar-refractivity contribution in [3.63, 3.8) is 0 Å². The zero-order valence-electron chi connectivity index (χ0n) is 18.7. The standard InChI is InChI=1S/C23H26BrClN4O4S/c1-2-34(32,33)21-6-5-16(25)8-15(21)12-29-22(30)18-10-19(24)14(9-20(18)27-23(29)31)11-28-7-3-4-17(26)13-28/h5-6,8-10,17H,2-4,7,11-13,26H2,1H3,(H,27,31). The average molecular weight is 570 g/mol. The molecule has 8 nitrogen and oxygen atoms in total. The van der Waals surface area contributed by atoms with Gasteiger partial charge in [0.15, 0.2) is 9.84 Å². The average Bonchev–Trinajstić information content (AvgIpc) is 2.78. The number of benzene rings is 2. The van der Waals surface area contributed by atoms with Crippen molar-refractivity contribution in [2.75, 3.05) is 18.8 Å². The number of aromatic amines is 1. The Morgan fingerprint density at radius 2 is 1.94 bits per heavy atom. The molecule has 2 heterocycles. The van der Waals surface area contributed by atoms with E-state index >= 15 is 0 Å². The first-order chi connectivity index (χ1) is 16.1. The number of likely N-dealkylation sites (tertiary alicyclic amines) is 1. The molecule has 0 bridgehead atoms. The normalized spacial score (nSPS) is 17.4. The van der Waals surface area contributed by atoms with Gasteiger partial charge in [-0.15, -0.1) is 0 Å². The van der Waals surface area contributed by atoms with Gasteiger partial charge in [0.05, 0.1) is 28.1 Å². The Hall–Kier alpha value is -1.98. The molecule has 0 spiro atoms. The highest BCUT2D eigenvalue weighted by molar-refractivity contribution is 9.10. The third-order valence-electron chi connectivity index (χ3n) is 6.15. The van der Waals surface area contributed by atoms with Crippen LogP contribution in [-0.2, 0) is 22.9 Å². The number of sulfone groups is 1. The Morgan fingerprint density at radius 3 is 2.65 bits per heavy atom. The summed E-state index contributed by atoms with van der Waals surface area (Å²) < 4.78 is 26.8. The number of aromatic nitrogens is 2. The summed E-state index contributed by atoms with van der Waals surface area (Å²) in [6.45, 7) is 3.71. The predicted octanol–water partition coefficient (Wildman–Crippen LogP) is 2.87. The van der Waals surface area contributed by atoms with Crippen molar-refractivity contribution in [2.24, 2.45) is 5.73 Å². The van der Waals surface area contributed by atoms with Gasteiger partial charge in [-0.2, -0.15) is 0 Å². The van der Waals surface area contributed by atoms with Crippen molar-refractivity contribution in [3.05, 3.63) is 71.8 Å². The molecule has 1 aromatic heterocycles. The van der Waals surface area contributed by atoms with E-state index in [1.54, 1.807) is 12.1 Å². The van der Waals surface area contributed by atoms with Crippen LogP contribution in [-0.4, -0.2) is 47.8 Å². The molecule has 0 saturated carbocycles. The number of halogens is 2. The van der Waals surface area contributed by atoms with Gasteiger partial charge in [0.2, 0.25) is 0 Å². The molecule has 182 valence electrons. The molecule has 1 unspecified atom stereocenters. The summed E-state index contributed by atoms with van der Waals surface area (Å²) in [5, 5.41) is 0.646. The van der Waals surface area contributed by atoms with Crippen molar-refractivity contribution in [1.82, 2.24) is 14.5 Å². The SMILES string of the molecule is CCS(=O)(=O)c1ccc(Cl)cc1Cn1c(=O)[nH]c2cc(CN3CCCC(N)C3)c(Br)cc2c1=O. The summed E-state index contributed by atoms with van der Waals surface area (Å²) in [7, 11) is -3.57. The molecular weight excluding hydrogens is 544 g/mol. The molecule has 11 heteroatoms. The first kappa shape index (κ1) is 25.1. The minimum atomic E-state index is -3.57. The second-order valence-electron chi connectivity index (χ2n) is 8.60. The van der Waals surface area contributed by atoms with Gasteiger partial charge >= 0.3 is 5.69 Å². The molecule has 4 rings (SSSR count). The molecule has 1 saturated heterocycles. The zero-order chi connectivity index (χ0) is 24.6. The van der Waals surface area contributed by atoms with E-state index in [1.165, 1.54) is 25.1 Å². The van der Waals surface area contributed by atoms with Crippen LogP contribution in [0.2, 0.25) is 5.02 Å². The van der Waals surface area contributed by atoms with E-state index in [1.807, 2.05) is 0 Å². The zero-order valence-corrected chi connectivity index (χ0v) is 21.8. The van der Waals surface area contributed by atoms with Crippen molar-refractivity contribution < 1.29 is 8.42 Å². The number of nitrogens with one attached hydrogen (secondary N) is 1. The maximum absolute atomic E-state index is 13.3. The quantitative estimate of drug-likeness (QED) is 0.471. The minimum absolute atomic E-state index is 0.0575. The Bertz CT molecular complexity index is 1470. The van der Waals surface area contributed by atoms with Crippen LogP contribution >= 0.6 is 27.5 Å². The van der Waals surface area contributed by atoms with Gasteiger partial charge in [0, 0.05) is 28.6 Å². The van der Waals surface area contributed by atoms with E-state index in [2.05, 4.69) is 25.8 Å². The second-order valence-corrected chi connectivity index (χ2v) is 12.1. The molecule has 1 aliphatic rings. The predicted molar refractivity (Wildman–Crippen MR) is 137 cm³/mol. The molecule has 1 fully saturated rings. The topological polar surface area (TPSA) is 118 Å². The van der Waals surface area contributed by atoms with Crippen LogP contribution in [0.5, 0.6) is 0 Å². The van der Waals surface area contributed by atoms with Crippen LogP contribution in [0.25, 0.3) is 10.9 Å². The van der Waals surface area contributed by atoms with Crippen molar-refractivity contribution in [3.8, 4) is 0 Å². The Labute approximate surface area is 210 Å². The molecule has 34 heavy (non-hydrogen) atoms. The van der Waals surface area contributed by atoms with Crippen molar-refractivity contribution >= 4 is 48.3 Å².